The maximum absolute atomic E-state index is 12.2. The molecule has 0 N–H and O–H groups in total. The first-order chi connectivity index (χ1) is 9.06. The zero-order chi connectivity index (χ0) is 14.0. The van der Waals surface area contributed by atoms with Crippen molar-refractivity contribution in [3.63, 3.8) is 0 Å². The van der Waals surface area contributed by atoms with Crippen molar-refractivity contribution in [3.8, 4) is 0 Å². The van der Waals surface area contributed by atoms with Crippen molar-refractivity contribution in [2.45, 2.75) is 26.8 Å². The van der Waals surface area contributed by atoms with E-state index in [4.69, 9.17) is 4.74 Å². The van der Waals surface area contributed by atoms with E-state index >= 15 is 0 Å². The second kappa shape index (κ2) is 5.22. The van der Waals surface area contributed by atoms with E-state index < -0.39 is 12.0 Å². The van der Waals surface area contributed by atoms with Gasteiger partial charge in [-0.25, -0.2) is 9.78 Å². The number of carbonyl (C=O) groups excluding carboxylic acids is 1. The third-order valence-corrected chi connectivity index (χ3v) is 2.97. The zero-order valence-electron chi connectivity index (χ0n) is 11.2. The van der Waals surface area contributed by atoms with Gasteiger partial charge in [0.2, 0.25) is 0 Å². The SMILES string of the molecule is CCOC(=O)C(C)n1c(=O)c(C)nc2ccccc21. The van der Waals surface area contributed by atoms with Crippen LogP contribution in [0.2, 0.25) is 0 Å². The van der Waals surface area contributed by atoms with Gasteiger partial charge in [0, 0.05) is 0 Å². The minimum Gasteiger partial charge on any atom is -0.464 e. The lowest BCUT2D eigenvalue weighted by Gasteiger charge is -2.16. The lowest BCUT2D eigenvalue weighted by molar-refractivity contribution is -0.146. The molecule has 2 aromatic rings. The van der Waals surface area contributed by atoms with Gasteiger partial charge in [0.15, 0.2) is 0 Å². The highest BCUT2D eigenvalue weighted by Gasteiger charge is 2.20. The minimum absolute atomic E-state index is 0.265. The van der Waals surface area contributed by atoms with Gasteiger partial charge >= 0.3 is 5.97 Å². The van der Waals surface area contributed by atoms with Crippen molar-refractivity contribution in [2.24, 2.45) is 0 Å². The number of hydrogen-bond donors (Lipinski definition) is 0. The molecule has 19 heavy (non-hydrogen) atoms. The first kappa shape index (κ1) is 13.3. The summed E-state index contributed by atoms with van der Waals surface area (Å²) in [5.41, 5.74) is 1.43. The van der Waals surface area contributed by atoms with Gasteiger partial charge < -0.3 is 4.74 Å². The molecule has 1 atom stereocenters. The molecule has 0 bridgehead atoms. The summed E-state index contributed by atoms with van der Waals surface area (Å²) in [7, 11) is 0. The van der Waals surface area contributed by atoms with Crippen molar-refractivity contribution in [2.75, 3.05) is 6.61 Å². The fourth-order valence-corrected chi connectivity index (χ4v) is 2.03. The van der Waals surface area contributed by atoms with Gasteiger partial charge in [-0.1, -0.05) is 12.1 Å². The van der Waals surface area contributed by atoms with E-state index in [2.05, 4.69) is 4.98 Å². The van der Waals surface area contributed by atoms with Gasteiger partial charge in [-0.05, 0) is 32.9 Å². The summed E-state index contributed by atoms with van der Waals surface area (Å²) in [4.78, 5) is 28.3. The molecule has 0 aliphatic heterocycles. The largest absolute Gasteiger partial charge is 0.464 e. The van der Waals surface area contributed by atoms with Crippen molar-refractivity contribution in [3.05, 3.63) is 40.3 Å². The van der Waals surface area contributed by atoms with Crippen LogP contribution < -0.4 is 5.56 Å². The van der Waals surface area contributed by atoms with E-state index in [1.54, 1.807) is 26.8 Å². The number of hydrogen-bond acceptors (Lipinski definition) is 4. The molecule has 100 valence electrons. The Morgan fingerprint density at radius 1 is 1.42 bits per heavy atom. The Hall–Kier alpha value is -2.17. The van der Waals surface area contributed by atoms with Crippen molar-refractivity contribution in [1.82, 2.24) is 9.55 Å². The Morgan fingerprint density at radius 3 is 2.79 bits per heavy atom. The van der Waals surface area contributed by atoms with Crippen LogP contribution in [0, 0.1) is 6.92 Å². The Kier molecular flexibility index (Phi) is 3.64. The normalized spacial score (nSPS) is 12.4. The summed E-state index contributed by atoms with van der Waals surface area (Å²) in [5.74, 6) is -0.416. The monoisotopic (exact) mass is 260 g/mol. The molecule has 1 heterocycles. The van der Waals surface area contributed by atoms with E-state index in [-0.39, 0.29) is 5.56 Å². The van der Waals surface area contributed by atoms with Crippen LogP contribution in [-0.2, 0) is 9.53 Å². The van der Waals surface area contributed by atoms with Crippen LogP contribution in [0.3, 0.4) is 0 Å². The van der Waals surface area contributed by atoms with Gasteiger partial charge in [0.1, 0.15) is 11.7 Å². The lowest BCUT2D eigenvalue weighted by Crippen LogP contribution is -2.31. The first-order valence-electron chi connectivity index (χ1n) is 6.20. The highest BCUT2D eigenvalue weighted by molar-refractivity contribution is 5.79. The molecule has 2 rings (SSSR count). The lowest BCUT2D eigenvalue weighted by atomic mass is 10.2. The molecule has 1 aromatic carbocycles. The van der Waals surface area contributed by atoms with Crippen molar-refractivity contribution < 1.29 is 9.53 Å². The summed E-state index contributed by atoms with van der Waals surface area (Å²) >= 11 is 0. The summed E-state index contributed by atoms with van der Waals surface area (Å²) in [6.45, 7) is 5.33. The Labute approximate surface area is 110 Å². The molecule has 0 aliphatic rings. The van der Waals surface area contributed by atoms with Gasteiger partial charge in [0.25, 0.3) is 5.56 Å². The smallest absolute Gasteiger partial charge is 0.328 e. The van der Waals surface area contributed by atoms with Crippen molar-refractivity contribution in [1.29, 1.82) is 0 Å². The number of ether oxygens (including phenoxy) is 1. The van der Waals surface area contributed by atoms with Crippen LogP contribution in [0.1, 0.15) is 25.6 Å². The van der Waals surface area contributed by atoms with Crippen molar-refractivity contribution >= 4 is 17.0 Å². The Morgan fingerprint density at radius 2 is 2.11 bits per heavy atom. The predicted octanol–water partition coefficient (Wildman–Crippen LogP) is 1.83. The van der Waals surface area contributed by atoms with Gasteiger partial charge in [0.05, 0.1) is 17.6 Å². The second-order valence-electron chi connectivity index (χ2n) is 4.29. The minimum atomic E-state index is -0.668. The molecule has 0 saturated carbocycles. The number of benzene rings is 1. The number of carbonyl (C=O) groups is 1. The second-order valence-corrected chi connectivity index (χ2v) is 4.29. The number of rotatable bonds is 3. The van der Waals surface area contributed by atoms with Crippen LogP contribution in [-0.4, -0.2) is 22.1 Å². The van der Waals surface area contributed by atoms with Gasteiger partial charge in [-0.3, -0.25) is 9.36 Å². The molecule has 1 unspecified atom stereocenters. The maximum Gasteiger partial charge on any atom is 0.328 e. The highest BCUT2D eigenvalue weighted by atomic mass is 16.5. The standard InChI is InChI=1S/C14H16N2O3/c1-4-19-14(18)10(3)16-12-8-6-5-7-11(12)15-9(2)13(16)17/h5-8,10H,4H2,1-3H3. The average Bonchev–Trinajstić information content (AvgIpc) is 2.40. The first-order valence-corrected chi connectivity index (χ1v) is 6.20. The molecule has 0 fully saturated rings. The summed E-state index contributed by atoms with van der Waals surface area (Å²) in [6.07, 6.45) is 0. The zero-order valence-corrected chi connectivity index (χ0v) is 11.2. The fourth-order valence-electron chi connectivity index (χ4n) is 2.03. The summed E-state index contributed by atoms with van der Waals surface area (Å²) in [6, 6.07) is 6.58. The summed E-state index contributed by atoms with van der Waals surface area (Å²) in [5, 5.41) is 0. The molecule has 0 amide bonds. The van der Waals surface area contributed by atoms with Crippen LogP contribution >= 0.6 is 0 Å². The van der Waals surface area contributed by atoms with Crippen LogP contribution in [0.4, 0.5) is 0 Å². The van der Waals surface area contributed by atoms with E-state index in [0.717, 1.165) is 0 Å². The molecule has 0 saturated heterocycles. The molecular formula is C14H16N2O3. The number of fused-ring (bicyclic) bond motifs is 1. The molecule has 0 spiro atoms. The maximum atomic E-state index is 12.2. The number of aromatic nitrogens is 2. The van der Waals surface area contributed by atoms with Crippen LogP contribution in [0.5, 0.6) is 0 Å². The van der Waals surface area contributed by atoms with Crippen LogP contribution in [0.15, 0.2) is 29.1 Å². The molecule has 5 heteroatoms. The quantitative estimate of drug-likeness (QED) is 0.790. The third-order valence-electron chi connectivity index (χ3n) is 2.97. The molecule has 1 aromatic heterocycles. The van der Waals surface area contributed by atoms with Gasteiger partial charge in [-0.15, -0.1) is 0 Å². The molecule has 5 nitrogen and oxygen atoms in total. The predicted molar refractivity (Wildman–Crippen MR) is 72.1 cm³/mol. The molecule has 0 aliphatic carbocycles. The number of para-hydroxylation sites is 2. The molecule has 0 radical (unpaired) electrons. The van der Waals surface area contributed by atoms with E-state index in [0.29, 0.717) is 23.3 Å². The summed E-state index contributed by atoms with van der Waals surface area (Å²) < 4.78 is 6.42. The number of aryl methyl sites for hydroxylation is 1. The van der Waals surface area contributed by atoms with E-state index in [1.807, 2.05) is 18.2 Å². The van der Waals surface area contributed by atoms with E-state index in [9.17, 15) is 9.59 Å². The topological polar surface area (TPSA) is 61.2 Å². The fraction of sp³-hybridized carbons (Fsp3) is 0.357. The third kappa shape index (κ3) is 2.36. The number of nitrogens with zero attached hydrogens (tertiary/aromatic N) is 2. The highest BCUT2D eigenvalue weighted by Crippen LogP contribution is 2.15. The molecular weight excluding hydrogens is 244 g/mol. The van der Waals surface area contributed by atoms with Crippen LogP contribution in [0.25, 0.3) is 11.0 Å². The Bertz CT molecular complexity index is 676. The van der Waals surface area contributed by atoms with Gasteiger partial charge in [-0.2, -0.15) is 0 Å². The number of esters is 1. The average molecular weight is 260 g/mol. The Balaban J connectivity index is 2.67. The van der Waals surface area contributed by atoms with E-state index in [1.165, 1.54) is 4.57 Å².